The zero-order valence-electron chi connectivity index (χ0n) is 9.85. The minimum absolute atomic E-state index is 0.164. The first-order valence-corrected chi connectivity index (χ1v) is 5.35. The third kappa shape index (κ3) is 2.35. The van der Waals surface area contributed by atoms with Crippen molar-refractivity contribution in [2.75, 3.05) is 6.54 Å². The average molecular weight is 251 g/mol. The molecule has 0 aromatic carbocycles. The van der Waals surface area contributed by atoms with E-state index in [1.807, 2.05) is 0 Å². The number of aromatic nitrogens is 6. The van der Waals surface area contributed by atoms with Crippen LogP contribution in [0.15, 0.2) is 21.9 Å². The quantitative estimate of drug-likeness (QED) is 0.644. The molecule has 0 saturated carbocycles. The summed E-state index contributed by atoms with van der Waals surface area (Å²) in [7, 11) is 1.63. The second kappa shape index (κ2) is 4.92. The zero-order chi connectivity index (χ0) is 13.1. The van der Waals surface area contributed by atoms with Crippen LogP contribution in [0.25, 0.3) is 0 Å². The Morgan fingerprint density at radius 1 is 1.39 bits per heavy atom. The molecule has 2 aromatic rings. The summed E-state index contributed by atoms with van der Waals surface area (Å²) in [6.45, 7) is 0.576. The maximum Gasteiger partial charge on any atom is 0.331 e. The van der Waals surface area contributed by atoms with E-state index in [-0.39, 0.29) is 25.2 Å². The lowest BCUT2D eigenvalue weighted by Gasteiger charge is -2.06. The molecule has 0 aliphatic rings. The van der Waals surface area contributed by atoms with Gasteiger partial charge in [0, 0.05) is 25.4 Å². The predicted octanol–water partition coefficient (Wildman–Crippen LogP) is -2.46. The first-order valence-electron chi connectivity index (χ1n) is 5.35. The molecule has 0 radical (unpaired) electrons. The molecular weight excluding hydrogens is 238 g/mol. The summed E-state index contributed by atoms with van der Waals surface area (Å²) in [6, 6.07) is 1.31. The van der Waals surface area contributed by atoms with Gasteiger partial charge in [-0.2, -0.15) is 4.80 Å². The van der Waals surface area contributed by atoms with Gasteiger partial charge < -0.3 is 5.73 Å². The van der Waals surface area contributed by atoms with Crippen LogP contribution in [0, 0.1) is 0 Å². The number of rotatable bonds is 4. The normalized spacial score (nSPS) is 10.8. The van der Waals surface area contributed by atoms with E-state index in [1.54, 1.807) is 7.05 Å². The van der Waals surface area contributed by atoms with Crippen molar-refractivity contribution in [3.05, 3.63) is 38.9 Å². The first-order chi connectivity index (χ1) is 8.61. The fraction of sp³-hybridized carbons (Fsp3) is 0.444. The lowest BCUT2D eigenvalue weighted by molar-refractivity contribution is 0.569. The van der Waals surface area contributed by atoms with Crippen molar-refractivity contribution in [2.45, 2.75) is 13.1 Å². The highest BCUT2D eigenvalue weighted by Crippen LogP contribution is 1.88. The number of hydrogen-bond donors (Lipinski definition) is 1. The largest absolute Gasteiger partial charge is 0.331 e. The monoisotopic (exact) mass is 251 g/mol. The van der Waals surface area contributed by atoms with Gasteiger partial charge in [0.1, 0.15) is 0 Å². The molecule has 0 fully saturated rings. The molecule has 2 aromatic heterocycles. The standard InChI is InChI=1S/C9H13N7O2/c1-14-12-7(11-13-14)6-15-4-2-8(17)16(5-3-10)9(15)18/h2,4H,3,5-6,10H2,1H3. The van der Waals surface area contributed by atoms with Gasteiger partial charge >= 0.3 is 5.69 Å². The van der Waals surface area contributed by atoms with E-state index < -0.39 is 5.69 Å². The van der Waals surface area contributed by atoms with Crippen LogP contribution in [0.5, 0.6) is 0 Å². The summed E-state index contributed by atoms with van der Waals surface area (Å²) in [5, 5.41) is 11.4. The van der Waals surface area contributed by atoms with Crippen molar-refractivity contribution in [2.24, 2.45) is 12.8 Å². The maximum atomic E-state index is 12.0. The molecule has 18 heavy (non-hydrogen) atoms. The summed E-state index contributed by atoms with van der Waals surface area (Å²) >= 11 is 0. The molecule has 0 unspecified atom stereocenters. The lowest BCUT2D eigenvalue weighted by atomic mass is 10.5. The zero-order valence-corrected chi connectivity index (χ0v) is 9.85. The fourth-order valence-corrected chi connectivity index (χ4v) is 1.55. The average Bonchev–Trinajstić information content (AvgIpc) is 2.74. The van der Waals surface area contributed by atoms with E-state index in [0.717, 1.165) is 4.57 Å². The molecule has 2 rings (SSSR count). The Morgan fingerprint density at radius 3 is 2.78 bits per heavy atom. The van der Waals surface area contributed by atoms with Crippen LogP contribution in [-0.2, 0) is 20.1 Å². The summed E-state index contributed by atoms with van der Waals surface area (Å²) in [6.07, 6.45) is 1.41. The highest BCUT2D eigenvalue weighted by molar-refractivity contribution is 4.90. The lowest BCUT2D eigenvalue weighted by Crippen LogP contribution is -2.40. The minimum Gasteiger partial charge on any atom is -0.329 e. The minimum atomic E-state index is -0.430. The van der Waals surface area contributed by atoms with Gasteiger partial charge in [0.05, 0.1) is 13.6 Å². The van der Waals surface area contributed by atoms with Crippen molar-refractivity contribution in [1.29, 1.82) is 0 Å². The third-order valence-corrected chi connectivity index (χ3v) is 2.35. The molecule has 0 bridgehead atoms. The van der Waals surface area contributed by atoms with Crippen LogP contribution < -0.4 is 17.0 Å². The smallest absolute Gasteiger partial charge is 0.329 e. The predicted molar refractivity (Wildman–Crippen MR) is 61.9 cm³/mol. The molecule has 0 saturated heterocycles. The Balaban J connectivity index is 2.37. The summed E-state index contributed by atoms with van der Waals surface area (Å²) < 4.78 is 2.42. The second-order valence-electron chi connectivity index (χ2n) is 3.70. The van der Waals surface area contributed by atoms with Gasteiger partial charge in [-0.3, -0.25) is 13.9 Å². The van der Waals surface area contributed by atoms with Crippen molar-refractivity contribution in [1.82, 2.24) is 29.3 Å². The number of hydrogen-bond acceptors (Lipinski definition) is 6. The van der Waals surface area contributed by atoms with Crippen LogP contribution in [-0.4, -0.2) is 35.9 Å². The van der Waals surface area contributed by atoms with Gasteiger partial charge in [0.25, 0.3) is 5.56 Å². The molecular formula is C9H13N7O2. The summed E-state index contributed by atoms with van der Waals surface area (Å²) in [4.78, 5) is 24.8. The van der Waals surface area contributed by atoms with E-state index in [0.29, 0.717) is 5.82 Å². The van der Waals surface area contributed by atoms with Crippen molar-refractivity contribution in [3.8, 4) is 0 Å². The highest BCUT2D eigenvalue weighted by atomic mass is 16.2. The first kappa shape index (κ1) is 12.2. The van der Waals surface area contributed by atoms with Crippen LogP contribution in [0.2, 0.25) is 0 Å². The Hall–Kier alpha value is -2.29. The van der Waals surface area contributed by atoms with Crippen LogP contribution in [0.3, 0.4) is 0 Å². The Bertz CT molecular complexity index is 653. The van der Waals surface area contributed by atoms with Crippen molar-refractivity contribution in [3.63, 3.8) is 0 Å². The Morgan fingerprint density at radius 2 is 2.17 bits per heavy atom. The maximum absolute atomic E-state index is 12.0. The van der Waals surface area contributed by atoms with E-state index in [1.165, 1.54) is 21.6 Å². The Labute approximate surface area is 101 Å². The van der Waals surface area contributed by atoms with E-state index in [9.17, 15) is 9.59 Å². The van der Waals surface area contributed by atoms with E-state index in [2.05, 4.69) is 15.4 Å². The van der Waals surface area contributed by atoms with Gasteiger partial charge in [0.15, 0.2) is 5.82 Å². The number of nitrogens with zero attached hydrogens (tertiary/aromatic N) is 6. The summed E-state index contributed by atoms with van der Waals surface area (Å²) in [5.41, 5.74) is 4.56. The van der Waals surface area contributed by atoms with Gasteiger partial charge in [-0.1, -0.05) is 0 Å². The molecule has 0 aliphatic heterocycles. The third-order valence-electron chi connectivity index (χ3n) is 2.35. The van der Waals surface area contributed by atoms with Gasteiger partial charge in [-0.05, 0) is 5.21 Å². The Kier molecular flexibility index (Phi) is 3.33. The van der Waals surface area contributed by atoms with Gasteiger partial charge in [0.2, 0.25) is 0 Å². The van der Waals surface area contributed by atoms with Crippen LogP contribution in [0.1, 0.15) is 5.82 Å². The number of tetrazole rings is 1. The molecule has 0 aliphatic carbocycles. The molecule has 0 spiro atoms. The van der Waals surface area contributed by atoms with Crippen LogP contribution in [0.4, 0.5) is 0 Å². The summed E-state index contributed by atoms with van der Waals surface area (Å²) in [5.74, 6) is 0.401. The topological polar surface area (TPSA) is 114 Å². The SMILES string of the molecule is Cn1nnc(Cn2ccc(=O)n(CCN)c2=O)n1. The molecule has 96 valence electrons. The molecule has 0 amide bonds. The van der Waals surface area contributed by atoms with Crippen molar-refractivity contribution >= 4 is 0 Å². The number of nitrogens with two attached hydrogens (primary N) is 1. The highest BCUT2D eigenvalue weighted by Gasteiger charge is 2.07. The van der Waals surface area contributed by atoms with Crippen molar-refractivity contribution < 1.29 is 0 Å². The molecule has 9 heteroatoms. The number of aryl methyl sites for hydroxylation is 1. The van der Waals surface area contributed by atoms with Crippen LogP contribution >= 0.6 is 0 Å². The second-order valence-corrected chi connectivity index (χ2v) is 3.70. The molecule has 9 nitrogen and oxygen atoms in total. The fourth-order valence-electron chi connectivity index (χ4n) is 1.55. The molecule has 0 atom stereocenters. The van der Waals surface area contributed by atoms with Gasteiger partial charge in [-0.15, -0.1) is 10.2 Å². The molecule has 2 N–H and O–H groups in total. The van der Waals surface area contributed by atoms with E-state index >= 15 is 0 Å². The van der Waals surface area contributed by atoms with E-state index in [4.69, 9.17) is 5.73 Å². The van der Waals surface area contributed by atoms with Gasteiger partial charge in [-0.25, -0.2) is 4.79 Å². The molecule has 2 heterocycles.